The molecule has 0 unspecified atom stereocenters. The van der Waals surface area contributed by atoms with Gasteiger partial charge in [0.15, 0.2) is 5.11 Å². The lowest BCUT2D eigenvalue weighted by Crippen LogP contribution is -2.29. The van der Waals surface area contributed by atoms with Crippen molar-refractivity contribution in [1.29, 1.82) is 0 Å². The number of benzene rings is 2. The smallest absolute Gasteiger partial charge is 0.250 e. The Labute approximate surface area is 234 Å². The number of nitrogens with zero attached hydrogens (tertiary/aromatic N) is 3. The van der Waals surface area contributed by atoms with Gasteiger partial charge in [-0.3, -0.25) is 9.78 Å². The van der Waals surface area contributed by atoms with E-state index in [2.05, 4.69) is 72.1 Å². The average Bonchev–Trinajstić information content (AvgIpc) is 3.40. The van der Waals surface area contributed by atoms with E-state index in [1.165, 1.54) is 29.5 Å². The van der Waals surface area contributed by atoms with Crippen LogP contribution in [0.4, 0.5) is 11.4 Å². The first-order valence-corrected chi connectivity index (χ1v) is 13.4. The Kier molecular flexibility index (Phi) is 7.50. The summed E-state index contributed by atoms with van der Waals surface area (Å²) in [6, 6.07) is 22.1. The number of rotatable bonds is 7. The summed E-state index contributed by atoms with van der Waals surface area (Å²) in [5.74, 6) is -0.198. The molecule has 2 aromatic carbocycles. The molecule has 2 N–H and O–H groups in total. The standard InChI is InChI=1S/C31H33N5O2S/c1-19-9-8-10-20(2)29(19)35-21(3)17-25(22(35)4)30-28(26-11-6-7-16-32-26)34-31(39)36(30)24-14-12-23(13-15-24)33-27(37)18-38-5/h6-17,28,30H,18H2,1-5H3,(H,33,37)(H,34,39)/t28-,30-/m0/s1. The lowest BCUT2D eigenvalue weighted by atomic mass is 9.96. The molecular formula is C31H33N5O2S. The van der Waals surface area contributed by atoms with Crippen molar-refractivity contribution >= 4 is 34.6 Å². The first-order chi connectivity index (χ1) is 18.8. The number of hydrogen-bond acceptors (Lipinski definition) is 4. The number of aryl methyl sites for hydroxylation is 3. The van der Waals surface area contributed by atoms with Crippen molar-refractivity contribution in [3.63, 3.8) is 0 Å². The second-order valence-electron chi connectivity index (χ2n) is 9.93. The quantitative estimate of drug-likeness (QED) is 0.286. The Hall–Kier alpha value is -4.01. The molecule has 3 heterocycles. The number of methoxy groups -OCH3 is 1. The minimum atomic E-state index is -0.198. The van der Waals surface area contributed by atoms with Gasteiger partial charge in [0, 0.05) is 36.1 Å². The number of carbonyl (C=O) groups is 1. The van der Waals surface area contributed by atoms with E-state index in [-0.39, 0.29) is 24.6 Å². The number of anilines is 2. The summed E-state index contributed by atoms with van der Waals surface area (Å²) in [4.78, 5) is 18.8. The van der Waals surface area contributed by atoms with Crippen LogP contribution >= 0.6 is 12.2 Å². The van der Waals surface area contributed by atoms with E-state index in [4.69, 9.17) is 21.9 Å². The monoisotopic (exact) mass is 539 g/mol. The van der Waals surface area contributed by atoms with E-state index in [9.17, 15) is 4.79 Å². The normalized spacial score (nSPS) is 16.8. The molecule has 0 spiro atoms. The van der Waals surface area contributed by atoms with Crippen molar-refractivity contribution in [1.82, 2.24) is 14.9 Å². The molecule has 39 heavy (non-hydrogen) atoms. The molecule has 2 atom stereocenters. The fraction of sp³-hybridized carbons (Fsp3) is 0.258. The fourth-order valence-corrected chi connectivity index (χ4v) is 5.92. The highest BCUT2D eigenvalue weighted by molar-refractivity contribution is 7.80. The number of amides is 1. The lowest BCUT2D eigenvalue weighted by Gasteiger charge is -2.28. The largest absolute Gasteiger partial charge is 0.375 e. The number of ether oxygens (including phenoxy) is 1. The highest BCUT2D eigenvalue weighted by Gasteiger charge is 2.42. The van der Waals surface area contributed by atoms with Crippen molar-refractivity contribution in [2.75, 3.05) is 23.9 Å². The van der Waals surface area contributed by atoms with Gasteiger partial charge in [0.2, 0.25) is 5.91 Å². The van der Waals surface area contributed by atoms with Gasteiger partial charge in [-0.15, -0.1) is 0 Å². The SMILES string of the molecule is COCC(=O)Nc1ccc(N2C(=S)N[C@@H](c3ccccn3)[C@@H]2c2cc(C)n(-c3c(C)cccc3C)c2C)cc1. The zero-order chi connectivity index (χ0) is 27.7. The summed E-state index contributed by atoms with van der Waals surface area (Å²) in [6.07, 6.45) is 1.82. The number of thiocarbonyl (C=S) groups is 1. The second-order valence-corrected chi connectivity index (χ2v) is 10.3. The molecule has 1 saturated heterocycles. The third-order valence-corrected chi connectivity index (χ3v) is 7.57. The summed E-state index contributed by atoms with van der Waals surface area (Å²) in [6.45, 7) is 8.65. The van der Waals surface area contributed by atoms with Crippen LogP contribution in [-0.2, 0) is 9.53 Å². The number of pyridine rings is 1. The Morgan fingerprint density at radius 2 is 1.74 bits per heavy atom. The van der Waals surface area contributed by atoms with Crippen LogP contribution in [0, 0.1) is 27.7 Å². The van der Waals surface area contributed by atoms with Crippen LogP contribution in [0.1, 0.15) is 45.9 Å². The molecule has 0 aliphatic carbocycles. The van der Waals surface area contributed by atoms with Gasteiger partial charge in [0.05, 0.1) is 23.5 Å². The Balaban J connectivity index is 1.61. The topological polar surface area (TPSA) is 71.4 Å². The van der Waals surface area contributed by atoms with Crippen LogP contribution in [0.15, 0.2) is 72.9 Å². The molecule has 1 fully saturated rings. The molecule has 4 aromatic rings. The number of aromatic nitrogens is 2. The molecule has 1 amide bonds. The first kappa shape index (κ1) is 26.6. The summed E-state index contributed by atoms with van der Waals surface area (Å²) in [5.41, 5.74) is 9.72. The van der Waals surface area contributed by atoms with Crippen molar-refractivity contribution < 1.29 is 9.53 Å². The molecule has 8 heteroatoms. The van der Waals surface area contributed by atoms with E-state index in [0.717, 1.165) is 22.8 Å². The van der Waals surface area contributed by atoms with Gasteiger partial charge in [-0.25, -0.2) is 0 Å². The molecule has 200 valence electrons. The minimum Gasteiger partial charge on any atom is -0.375 e. The predicted octanol–water partition coefficient (Wildman–Crippen LogP) is 5.87. The summed E-state index contributed by atoms with van der Waals surface area (Å²) in [5, 5.41) is 7.03. The zero-order valence-electron chi connectivity index (χ0n) is 22.9. The van der Waals surface area contributed by atoms with Crippen LogP contribution in [0.25, 0.3) is 5.69 Å². The van der Waals surface area contributed by atoms with Crippen LogP contribution in [0.3, 0.4) is 0 Å². The number of para-hydroxylation sites is 1. The highest BCUT2D eigenvalue weighted by Crippen LogP contribution is 2.44. The number of carbonyl (C=O) groups excluding carboxylic acids is 1. The number of nitrogens with one attached hydrogen (secondary N) is 2. The van der Waals surface area contributed by atoms with Crippen molar-refractivity contribution in [3.8, 4) is 5.69 Å². The van der Waals surface area contributed by atoms with Gasteiger partial charge in [-0.2, -0.15) is 0 Å². The van der Waals surface area contributed by atoms with Gasteiger partial charge in [-0.1, -0.05) is 24.3 Å². The second kappa shape index (κ2) is 11.0. The van der Waals surface area contributed by atoms with Gasteiger partial charge in [-0.05, 0) is 99.1 Å². The minimum absolute atomic E-state index is 0.00565. The Morgan fingerprint density at radius 3 is 2.38 bits per heavy atom. The third kappa shape index (κ3) is 5.05. The van der Waals surface area contributed by atoms with Crippen LogP contribution in [0.2, 0.25) is 0 Å². The summed E-state index contributed by atoms with van der Waals surface area (Å²) >= 11 is 5.93. The highest BCUT2D eigenvalue weighted by atomic mass is 32.1. The van der Waals surface area contributed by atoms with Crippen molar-refractivity contribution in [3.05, 3.63) is 107 Å². The Morgan fingerprint density at radius 1 is 1.03 bits per heavy atom. The molecule has 1 aliphatic heterocycles. The van der Waals surface area contributed by atoms with Gasteiger partial charge < -0.3 is 24.8 Å². The molecule has 2 aromatic heterocycles. The molecular weight excluding hydrogens is 506 g/mol. The maximum absolute atomic E-state index is 12.0. The third-order valence-electron chi connectivity index (χ3n) is 7.25. The number of hydrogen-bond donors (Lipinski definition) is 2. The van der Waals surface area contributed by atoms with E-state index in [1.54, 1.807) is 0 Å². The Bertz CT molecular complexity index is 1490. The zero-order valence-corrected chi connectivity index (χ0v) is 23.7. The molecule has 1 aliphatic rings. The molecule has 0 radical (unpaired) electrons. The van der Waals surface area contributed by atoms with Gasteiger partial charge in [0.1, 0.15) is 6.61 Å². The van der Waals surface area contributed by atoms with E-state index in [0.29, 0.717) is 10.8 Å². The molecule has 7 nitrogen and oxygen atoms in total. The summed E-state index contributed by atoms with van der Waals surface area (Å²) < 4.78 is 7.28. The molecule has 0 saturated carbocycles. The summed E-state index contributed by atoms with van der Waals surface area (Å²) in [7, 11) is 1.50. The van der Waals surface area contributed by atoms with Gasteiger partial charge >= 0.3 is 0 Å². The van der Waals surface area contributed by atoms with E-state index < -0.39 is 0 Å². The van der Waals surface area contributed by atoms with Gasteiger partial charge in [0.25, 0.3) is 0 Å². The van der Waals surface area contributed by atoms with Crippen molar-refractivity contribution in [2.24, 2.45) is 0 Å². The van der Waals surface area contributed by atoms with Crippen LogP contribution in [0.5, 0.6) is 0 Å². The van der Waals surface area contributed by atoms with E-state index >= 15 is 0 Å². The van der Waals surface area contributed by atoms with E-state index in [1.807, 2.05) is 48.7 Å². The van der Waals surface area contributed by atoms with Crippen LogP contribution < -0.4 is 15.5 Å². The van der Waals surface area contributed by atoms with Crippen molar-refractivity contribution in [2.45, 2.75) is 39.8 Å². The predicted molar refractivity (Wildman–Crippen MR) is 160 cm³/mol. The lowest BCUT2D eigenvalue weighted by molar-refractivity contribution is -0.119. The maximum Gasteiger partial charge on any atom is 0.250 e. The first-order valence-electron chi connectivity index (χ1n) is 12.9. The fourth-order valence-electron chi connectivity index (χ4n) is 5.57. The molecule has 0 bridgehead atoms. The molecule has 5 rings (SSSR count). The van der Waals surface area contributed by atoms with Crippen LogP contribution in [-0.4, -0.2) is 34.3 Å². The average molecular weight is 540 g/mol. The maximum atomic E-state index is 12.0.